The Labute approximate surface area is 146 Å². The third-order valence-electron chi connectivity index (χ3n) is 4.88. The third-order valence-corrected chi connectivity index (χ3v) is 4.88. The molecule has 0 aromatic heterocycles. The van der Waals surface area contributed by atoms with Crippen LogP contribution in [0.2, 0.25) is 0 Å². The van der Waals surface area contributed by atoms with Crippen LogP contribution in [0.5, 0.6) is 0 Å². The van der Waals surface area contributed by atoms with E-state index in [0.717, 1.165) is 54.1 Å². The van der Waals surface area contributed by atoms with E-state index in [1.165, 1.54) is 23.9 Å². The first kappa shape index (κ1) is 15.8. The van der Waals surface area contributed by atoms with E-state index in [1.807, 2.05) is 12.1 Å². The number of hydrogen-bond donors (Lipinski definition) is 3. The number of allylic oxidation sites excluding steroid dienone is 1. The average Bonchev–Trinajstić information content (AvgIpc) is 3.33. The van der Waals surface area contributed by atoms with Crippen molar-refractivity contribution >= 4 is 23.2 Å². The number of ether oxygens (including phenoxy) is 1. The highest BCUT2D eigenvalue weighted by molar-refractivity contribution is 6.06. The van der Waals surface area contributed by atoms with Crippen LogP contribution < -0.4 is 11.1 Å². The molecule has 128 valence electrons. The topological polar surface area (TPSA) is 71.1 Å². The minimum Gasteiger partial charge on any atom is -0.398 e. The van der Waals surface area contributed by atoms with Crippen molar-refractivity contribution in [3.63, 3.8) is 0 Å². The second-order valence-corrected chi connectivity index (χ2v) is 6.48. The van der Waals surface area contributed by atoms with E-state index in [9.17, 15) is 4.39 Å². The van der Waals surface area contributed by atoms with Crippen molar-refractivity contribution in [1.29, 1.82) is 5.41 Å². The van der Waals surface area contributed by atoms with Gasteiger partial charge in [0.15, 0.2) is 0 Å². The summed E-state index contributed by atoms with van der Waals surface area (Å²) >= 11 is 0. The predicted molar refractivity (Wildman–Crippen MR) is 98.3 cm³/mol. The molecule has 0 atom stereocenters. The number of nitrogens with one attached hydrogen (secondary N) is 2. The van der Waals surface area contributed by atoms with Crippen LogP contribution in [0.25, 0.3) is 5.57 Å². The number of fused-ring (bicyclic) bond motifs is 1. The van der Waals surface area contributed by atoms with Gasteiger partial charge in [-0.1, -0.05) is 0 Å². The largest absolute Gasteiger partial charge is 0.398 e. The van der Waals surface area contributed by atoms with Crippen LogP contribution in [0.3, 0.4) is 0 Å². The lowest BCUT2D eigenvalue weighted by Crippen LogP contribution is -2.21. The van der Waals surface area contributed by atoms with E-state index < -0.39 is 0 Å². The molecule has 0 spiro atoms. The lowest BCUT2D eigenvalue weighted by Gasteiger charge is -2.26. The van der Waals surface area contributed by atoms with Crippen LogP contribution in [0.1, 0.15) is 29.5 Å². The molecule has 2 aromatic carbocycles. The number of halogens is 1. The standard InChI is InChI=1S/C20H20FN3O/c21-14-1-3-15(4-2-14)24-20(12-5-7-25-8-6-12)19-16-9-13(11-22)18(23)10-17(16)19/h1-4,9-12,22,24H,5-8,23H2/b20-19+,22-11?. The number of nitrogen functional groups attached to an aromatic ring is 1. The van der Waals surface area contributed by atoms with Crippen molar-refractivity contribution in [3.05, 3.63) is 64.6 Å². The summed E-state index contributed by atoms with van der Waals surface area (Å²) in [6.45, 7) is 1.49. The number of anilines is 2. The Balaban J connectivity index is 1.72. The maximum Gasteiger partial charge on any atom is 0.123 e. The molecule has 2 aromatic rings. The zero-order valence-corrected chi connectivity index (χ0v) is 13.8. The Morgan fingerprint density at radius 2 is 1.84 bits per heavy atom. The van der Waals surface area contributed by atoms with Crippen LogP contribution in [0.15, 0.2) is 42.1 Å². The van der Waals surface area contributed by atoms with Gasteiger partial charge in [0.05, 0.1) is 0 Å². The van der Waals surface area contributed by atoms with Gasteiger partial charge in [-0.3, -0.25) is 0 Å². The highest BCUT2D eigenvalue weighted by atomic mass is 19.1. The second-order valence-electron chi connectivity index (χ2n) is 6.48. The molecule has 2 aliphatic rings. The molecule has 1 heterocycles. The molecule has 1 aliphatic heterocycles. The monoisotopic (exact) mass is 337 g/mol. The zero-order chi connectivity index (χ0) is 17.4. The SMILES string of the molecule is N=Cc1cc2c(cc1N)/C2=C(/Nc1ccc(F)cc1)C1CCOCC1. The quantitative estimate of drug-likeness (QED) is 0.497. The van der Waals surface area contributed by atoms with Gasteiger partial charge in [0, 0.05) is 53.6 Å². The van der Waals surface area contributed by atoms with Crippen molar-refractivity contribution in [3.8, 4) is 0 Å². The summed E-state index contributed by atoms with van der Waals surface area (Å²) in [5.41, 5.74) is 12.9. The molecule has 1 aliphatic carbocycles. The fraction of sp³-hybridized carbons (Fsp3) is 0.250. The number of rotatable bonds is 4. The summed E-state index contributed by atoms with van der Waals surface area (Å²) < 4.78 is 18.7. The number of hydrogen-bond acceptors (Lipinski definition) is 4. The molecule has 4 N–H and O–H groups in total. The molecule has 25 heavy (non-hydrogen) atoms. The molecular weight excluding hydrogens is 317 g/mol. The minimum absolute atomic E-state index is 0.246. The average molecular weight is 337 g/mol. The van der Waals surface area contributed by atoms with Crippen LogP contribution in [-0.4, -0.2) is 19.4 Å². The van der Waals surface area contributed by atoms with Crippen LogP contribution >= 0.6 is 0 Å². The van der Waals surface area contributed by atoms with Crippen LogP contribution in [0, 0.1) is 17.1 Å². The Morgan fingerprint density at radius 1 is 1.16 bits per heavy atom. The molecule has 0 radical (unpaired) electrons. The van der Waals surface area contributed by atoms with E-state index in [2.05, 4.69) is 5.32 Å². The molecule has 5 heteroatoms. The van der Waals surface area contributed by atoms with E-state index in [1.54, 1.807) is 12.1 Å². The highest BCUT2D eigenvalue weighted by Gasteiger charge is 2.33. The van der Waals surface area contributed by atoms with E-state index in [0.29, 0.717) is 11.6 Å². The maximum atomic E-state index is 13.2. The molecule has 4 rings (SSSR count). The molecule has 4 nitrogen and oxygen atoms in total. The summed E-state index contributed by atoms with van der Waals surface area (Å²) in [6.07, 6.45) is 3.19. The van der Waals surface area contributed by atoms with Crippen molar-refractivity contribution < 1.29 is 9.13 Å². The zero-order valence-electron chi connectivity index (χ0n) is 13.8. The van der Waals surface area contributed by atoms with Crippen LogP contribution in [0.4, 0.5) is 15.8 Å². The molecule has 0 bridgehead atoms. The first-order chi connectivity index (χ1) is 12.2. The van der Waals surface area contributed by atoms with Crippen molar-refractivity contribution in [2.45, 2.75) is 12.8 Å². The number of nitrogens with two attached hydrogens (primary N) is 1. The fourth-order valence-electron chi connectivity index (χ4n) is 3.45. The first-order valence-corrected chi connectivity index (χ1v) is 8.46. The van der Waals surface area contributed by atoms with Gasteiger partial charge in [0.2, 0.25) is 0 Å². The summed E-state index contributed by atoms with van der Waals surface area (Å²) in [6, 6.07) is 10.3. The summed E-state index contributed by atoms with van der Waals surface area (Å²) in [5.74, 6) is 0.120. The molecule has 0 unspecified atom stereocenters. The Hall–Kier alpha value is -2.66. The van der Waals surface area contributed by atoms with Crippen LogP contribution in [-0.2, 0) is 4.74 Å². The smallest absolute Gasteiger partial charge is 0.123 e. The van der Waals surface area contributed by atoms with Gasteiger partial charge < -0.3 is 21.2 Å². The van der Waals surface area contributed by atoms with Crippen molar-refractivity contribution in [1.82, 2.24) is 0 Å². The van der Waals surface area contributed by atoms with Gasteiger partial charge in [-0.15, -0.1) is 0 Å². The Morgan fingerprint density at radius 3 is 2.52 bits per heavy atom. The highest BCUT2D eigenvalue weighted by Crippen LogP contribution is 2.49. The second kappa shape index (κ2) is 6.33. The normalized spacial score (nSPS) is 18.4. The lowest BCUT2D eigenvalue weighted by atomic mass is 9.94. The van der Waals surface area contributed by atoms with Gasteiger partial charge in [0.1, 0.15) is 5.82 Å². The molecular formula is C20H20FN3O. The number of benzene rings is 2. The third kappa shape index (κ3) is 3.03. The van der Waals surface area contributed by atoms with Gasteiger partial charge in [-0.05, 0) is 60.4 Å². The summed E-state index contributed by atoms with van der Waals surface area (Å²) in [4.78, 5) is 0. The van der Waals surface area contributed by atoms with Gasteiger partial charge in [0.25, 0.3) is 0 Å². The first-order valence-electron chi connectivity index (χ1n) is 8.46. The molecule has 1 saturated heterocycles. The molecule has 1 fully saturated rings. The van der Waals surface area contributed by atoms with Gasteiger partial charge >= 0.3 is 0 Å². The van der Waals surface area contributed by atoms with E-state index in [4.69, 9.17) is 15.9 Å². The molecule has 0 saturated carbocycles. The van der Waals surface area contributed by atoms with E-state index >= 15 is 0 Å². The molecule has 0 amide bonds. The van der Waals surface area contributed by atoms with Crippen molar-refractivity contribution in [2.24, 2.45) is 5.92 Å². The Bertz CT molecular complexity index is 852. The van der Waals surface area contributed by atoms with Crippen molar-refractivity contribution in [2.75, 3.05) is 24.3 Å². The van der Waals surface area contributed by atoms with Gasteiger partial charge in [-0.25, -0.2) is 4.39 Å². The predicted octanol–water partition coefficient (Wildman–Crippen LogP) is 4.02. The summed E-state index contributed by atoms with van der Waals surface area (Å²) in [5, 5.41) is 11.0. The Kier molecular flexibility index (Phi) is 4.01. The van der Waals surface area contributed by atoms with Gasteiger partial charge in [-0.2, -0.15) is 0 Å². The maximum absolute atomic E-state index is 13.2. The summed E-state index contributed by atoms with van der Waals surface area (Å²) in [7, 11) is 0. The lowest BCUT2D eigenvalue weighted by molar-refractivity contribution is 0.0762. The fourth-order valence-corrected chi connectivity index (χ4v) is 3.45. The van der Waals surface area contributed by atoms with E-state index in [-0.39, 0.29) is 5.82 Å². The minimum atomic E-state index is -0.246.